The summed E-state index contributed by atoms with van der Waals surface area (Å²) in [6, 6.07) is 5.46. The van der Waals surface area contributed by atoms with E-state index in [0.717, 1.165) is 0 Å². The van der Waals surface area contributed by atoms with Crippen LogP contribution in [0.3, 0.4) is 0 Å². The molecule has 0 aliphatic heterocycles. The standard InChI is InChI=1S/C14H14O6.C4H6O2/c1-9(5-4-8-15)13(18)20-14(19)11-7-3-2-6-10(11)12(16)17;1-3(2)4(5)6/h2-3,5-7,15H,4,8H2,1H3,(H,16,17);1H2,2H3,(H,5,6). The van der Waals surface area contributed by atoms with Crippen LogP contribution in [0.1, 0.15) is 41.0 Å². The van der Waals surface area contributed by atoms with Crippen molar-refractivity contribution in [2.45, 2.75) is 20.3 Å². The zero-order chi connectivity index (χ0) is 20.3. The number of carboxylic acids is 2. The lowest BCUT2D eigenvalue weighted by Gasteiger charge is -2.05. The van der Waals surface area contributed by atoms with Gasteiger partial charge in [0.15, 0.2) is 0 Å². The highest BCUT2D eigenvalue weighted by molar-refractivity contribution is 6.07. The fraction of sp³-hybridized carbons (Fsp3) is 0.222. The molecule has 26 heavy (non-hydrogen) atoms. The van der Waals surface area contributed by atoms with Crippen LogP contribution in [0.4, 0.5) is 0 Å². The van der Waals surface area contributed by atoms with Crippen LogP contribution >= 0.6 is 0 Å². The summed E-state index contributed by atoms with van der Waals surface area (Å²) in [6.45, 7) is 5.92. The Morgan fingerprint density at radius 3 is 2.00 bits per heavy atom. The number of rotatable bonds is 6. The van der Waals surface area contributed by atoms with Gasteiger partial charge in [0.05, 0.1) is 11.1 Å². The normalized spacial score (nSPS) is 10.2. The molecule has 140 valence electrons. The van der Waals surface area contributed by atoms with Crippen molar-refractivity contribution >= 4 is 23.9 Å². The molecule has 0 radical (unpaired) electrons. The smallest absolute Gasteiger partial charge is 0.346 e. The maximum atomic E-state index is 11.8. The second-order valence-corrected chi connectivity index (χ2v) is 5.01. The number of aliphatic hydroxyl groups is 1. The van der Waals surface area contributed by atoms with Crippen molar-refractivity contribution in [1.29, 1.82) is 0 Å². The Hall–Kier alpha value is -3.26. The molecule has 8 heteroatoms. The fourth-order valence-electron chi connectivity index (χ4n) is 1.43. The van der Waals surface area contributed by atoms with E-state index in [1.165, 1.54) is 44.2 Å². The van der Waals surface area contributed by atoms with E-state index in [0.29, 0.717) is 0 Å². The monoisotopic (exact) mass is 364 g/mol. The van der Waals surface area contributed by atoms with Gasteiger partial charge in [0.25, 0.3) is 0 Å². The van der Waals surface area contributed by atoms with Crippen molar-refractivity contribution in [2.75, 3.05) is 6.61 Å². The summed E-state index contributed by atoms with van der Waals surface area (Å²) in [6.07, 6.45) is 1.69. The van der Waals surface area contributed by atoms with Crippen LogP contribution < -0.4 is 0 Å². The minimum atomic E-state index is -1.28. The molecule has 0 heterocycles. The van der Waals surface area contributed by atoms with Gasteiger partial charge in [-0.3, -0.25) is 0 Å². The predicted octanol–water partition coefficient (Wildman–Crippen LogP) is 2.04. The number of hydrogen-bond acceptors (Lipinski definition) is 6. The van der Waals surface area contributed by atoms with Gasteiger partial charge in [-0.25, -0.2) is 19.2 Å². The van der Waals surface area contributed by atoms with Crippen LogP contribution in [0.5, 0.6) is 0 Å². The van der Waals surface area contributed by atoms with E-state index in [4.69, 9.17) is 15.3 Å². The number of aliphatic carboxylic acids is 1. The van der Waals surface area contributed by atoms with E-state index in [2.05, 4.69) is 11.3 Å². The van der Waals surface area contributed by atoms with Crippen molar-refractivity contribution in [3.05, 3.63) is 59.2 Å². The van der Waals surface area contributed by atoms with E-state index in [1.54, 1.807) is 0 Å². The third kappa shape index (κ3) is 8.02. The summed E-state index contributed by atoms with van der Waals surface area (Å²) in [5.41, 5.74) is -0.0826. The Kier molecular flexibility index (Phi) is 9.90. The lowest BCUT2D eigenvalue weighted by Crippen LogP contribution is -2.16. The molecule has 0 saturated carbocycles. The van der Waals surface area contributed by atoms with Crippen LogP contribution in [-0.4, -0.2) is 45.8 Å². The molecule has 0 bridgehead atoms. The number of carbonyl (C=O) groups is 4. The van der Waals surface area contributed by atoms with Gasteiger partial charge in [-0.1, -0.05) is 24.8 Å². The summed E-state index contributed by atoms with van der Waals surface area (Å²) in [5, 5.41) is 25.5. The van der Waals surface area contributed by atoms with Gasteiger partial charge in [-0.05, 0) is 32.4 Å². The molecule has 1 aromatic carbocycles. The second-order valence-electron chi connectivity index (χ2n) is 5.01. The summed E-state index contributed by atoms with van der Waals surface area (Å²) in [5.74, 6) is -4.11. The molecule has 0 aliphatic carbocycles. The van der Waals surface area contributed by atoms with Gasteiger partial charge in [0.1, 0.15) is 0 Å². The fourth-order valence-corrected chi connectivity index (χ4v) is 1.43. The Morgan fingerprint density at radius 1 is 1.08 bits per heavy atom. The topological polar surface area (TPSA) is 138 Å². The van der Waals surface area contributed by atoms with Gasteiger partial charge < -0.3 is 20.1 Å². The SMILES string of the molecule is C=C(C)C(=O)O.CC(=CCCO)C(=O)OC(=O)c1ccccc1C(=O)O. The lowest BCUT2D eigenvalue weighted by molar-refractivity contribution is -0.134. The molecule has 0 aliphatic rings. The number of hydrogen-bond donors (Lipinski definition) is 3. The summed E-state index contributed by atoms with van der Waals surface area (Å²) >= 11 is 0. The highest BCUT2D eigenvalue weighted by atomic mass is 16.6. The van der Waals surface area contributed by atoms with Crippen LogP contribution in [-0.2, 0) is 14.3 Å². The molecule has 1 aromatic rings. The van der Waals surface area contributed by atoms with Gasteiger partial charge in [0.2, 0.25) is 0 Å². The number of carboxylic acid groups (broad SMARTS) is 2. The molecule has 8 nitrogen and oxygen atoms in total. The molecule has 0 spiro atoms. The number of esters is 2. The molecule has 3 N–H and O–H groups in total. The molecule has 0 unspecified atom stereocenters. The summed E-state index contributed by atoms with van der Waals surface area (Å²) in [4.78, 5) is 43.9. The van der Waals surface area contributed by atoms with Gasteiger partial charge in [0, 0.05) is 17.8 Å². The Bertz CT molecular complexity index is 718. The highest BCUT2D eigenvalue weighted by Crippen LogP contribution is 2.11. The van der Waals surface area contributed by atoms with E-state index < -0.39 is 23.9 Å². The number of benzene rings is 1. The highest BCUT2D eigenvalue weighted by Gasteiger charge is 2.20. The first-order chi connectivity index (χ1) is 12.1. The molecule has 0 atom stereocenters. The first-order valence-electron chi connectivity index (χ1n) is 7.37. The van der Waals surface area contributed by atoms with E-state index in [1.807, 2.05) is 0 Å². The molecular weight excluding hydrogens is 344 g/mol. The largest absolute Gasteiger partial charge is 0.478 e. The van der Waals surface area contributed by atoms with Crippen LogP contribution in [0, 0.1) is 0 Å². The van der Waals surface area contributed by atoms with Crippen LogP contribution in [0.2, 0.25) is 0 Å². The van der Waals surface area contributed by atoms with Crippen molar-refractivity contribution in [1.82, 2.24) is 0 Å². The van der Waals surface area contributed by atoms with Gasteiger partial charge in [-0.15, -0.1) is 0 Å². The molecule has 0 saturated heterocycles. The zero-order valence-corrected chi connectivity index (χ0v) is 14.4. The van der Waals surface area contributed by atoms with Crippen molar-refractivity contribution < 1.29 is 39.2 Å². The van der Waals surface area contributed by atoms with Crippen LogP contribution in [0.15, 0.2) is 48.1 Å². The van der Waals surface area contributed by atoms with Gasteiger partial charge in [-0.2, -0.15) is 0 Å². The molecule has 0 fully saturated rings. The zero-order valence-electron chi connectivity index (χ0n) is 14.4. The number of aliphatic hydroxyl groups excluding tert-OH is 1. The Balaban J connectivity index is 0.000000896. The van der Waals surface area contributed by atoms with Crippen molar-refractivity contribution in [3.63, 3.8) is 0 Å². The lowest BCUT2D eigenvalue weighted by atomic mass is 10.1. The molecular formula is C18H20O8. The quantitative estimate of drug-likeness (QED) is 0.396. The van der Waals surface area contributed by atoms with E-state index in [9.17, 15) is 19.2 Å². The van der Waals surface area contributed by atoms with Crippen LogP contribution in [0.25, 0.3) is 0 Å². The average molecular weight is 364 g/mol. The molecule has 0 amide bonds. The molecule has 0 aromatic heterocycles. The Labute approximate surface area is 150 Å². The number of carbonyl (C=O) groups excluding carboxylic acids is 2. The number of aromatic carboxylic acids is 1. The average Bonchev–Trinajstić information content (AvgIpc) is 2.59. The maximum absolute atomic E-state index is 11.8. The minimum Gasteiger partial charge on any atom is -0.478 e. The summed E-state index contributed by atoms with van der Waals surface area (Å²) in [7, 11) is 0. The first kappa shape index (κ1) is 22.7. The third-order valence-electron chi connectivity index (χ3n) is 2.83. The third-order valence-corrected chi connectivity index (χ3v) is 2.83. The van der Waals surface area contributed by atoms with Crippen molar-refractivity contribution in [3.8, 4) is 0 Å². The first-order valence-corrected chi connectivity index (χ1v) is 7.37. The maximum Gasteiger partial charge on any atom is 0.346 e. The minimum absolute atomic E-state index is 0.125. The summed E-state index contributed by atoms with van der Waals surface area (Å²) < 4.78 is 4.59. The van der Waals surface area contributed by atoms with Crippen molar-refractivity contribution in [2.24, 2.45) is 0 Å². The second kappa shape index (κ2) is 11.3. The Morgan fingerprint density at radius 2 is 1.58 bits per heavy atom. The van der Waals surface area contributed by atoms with Gasteiger partial charge >= 0.3 is 23.9 Å². The van der Waals surface area contributed by atoms with E-state index in [-0.39, 0.29) is 35.3 Å². The molecule has 1 rings (SSSR count). The van der Waals surface area contributed by atoms with E-state index >= 15 is 0 Å². The predicted molar refractivity (Wildman–Crippen MR) is 91.7 cm³/mol. The number of ether oxygens (including phenoxy) is 1.